The summed E-state index contributed by atoms with van der Waals surface area (Å²) in [5, 5.41) is 10.1. The number of carbonyl (C=O) groups is 1. The van der Waals surface area contributed by atoms with E-state index in [4.69, 9.17) is 5.26 Å². The Kier molecular flexibility index (Phi) is 3.83. The molecule has 0 spiro atoms. The van der Waals surface area contributed by atoms with Crippen LogP contribution in [0.15, 0.2) is 49.1 Å². The van der Waals surface area contributed by atoms with Gasteiger partial charge in [0.05, 0.1) is 42.1 Å². The van der Waals surface area contributed by atoms with Gasteiger partial charge in [-0.15, -0.1) is 0 Å². The number of nitriles is 1. The molecule has 1 saturated heterocycles. The first-order chi connectivity index (χ1) is 13.7. The highest BCUT2D eigenvalue weighted by atomic mass is 16.2. The van der Waals surface area contributed by atoms with E-state index in [0.29, 0.717) is 18.5 Å². The number of nitrogens with one attached hydrogen (secondary N) is 1. The van der Waals surface area contributed by atoms with Gasteiger partial charge in [-0.05, 0) is 30.2 Å². The lowest BCUT2D eigenvalue weighted by molar-refractivity contribution is -0.129. The van der Waals surface area contributed by atoms with E-state index in [0.717, 1.165) is 40.6 Å². The molecule has 0 unspecified atom stereocenters. The van der Waals surface area contributed by atoms with Crippen molar-refractivity contribution in [2.24, 2.45) is 0 Å². The molecular formula is C21H18N6O. The number of fused-ring (bicyclic) bond motifs is 3. The minimum Gasteiger partial charge on any atom is -0.346 e. The Morgan fingerprint density at radius 1 is 1.32 bits per heavy atom. The summed E-state index contributed by atoms with van der Waals surface area (Å²) in [4.78, 5) is 26.7. The van der Waals surface area contributed by atoms with Crippen LogP contribution in [0.3, 0.4) is 0 Å². The molecule has 4 heterocycles. The van der Waals surface area contributed by atoms with Crippen LogP contribution < -0.4 is 0 Å². The second-order valence-corrected chi connectivity index (χ2v) is 7.16. The second-order valence-electron chi connectivity index (χ2n) is 7.16. The highest BCUT2D eigenvalue weighted by Gasteiger charge is 2.28. The summed E-state index contributed by atoms with van der Waals surface area (Å²) in [5.41, 5.74) is 4.23. The summed E-state index contributed by atoms with van der Waals surface area (Å²) in [5.74, 6) is 0.0930. The third-order valence-corrected chi connectivity index (χ3v) is 5.44. The fourth-order valence-corrected chi connectivity index (χ4v) is 4.04. The summed E-state index contributed by atoms with van der Waals surface area (Å²) < 4.78 is 2.18. The average molecular weight is 370 g/mol. The van der Waals surface area contributed by atoms with Gasteiger partial charge in [-0.25, -0.2) is 9.97 Å². The second kappa shape index (κ2) is 6.50. The van der Waals surface area contributed by atoms with Crippen LogP contribution in [0.4, 0.5) is 0 Å². The van der Waals surface area contributed by atoms with E-state index < -0.39 is 0 Å². The lowest BCUT2D eigenvalue weighted by atomic mass is 10.1. The Morgan fingerprint density at radius 3 is 3.14 bits per heavy atom. The minimum absolute atomic E-state index is 0.0930. The summed E-state index contributed by atoms with van der Waals surface area (Å²) in [6, 6.07) is 11.6. The SMILES string of the molecule is N#Cc1cccc(CC(=O)N2CC[C@@H](n3cnc4cnc5[nH]ccc5c43)C2)c1. The monoisotopic (exact) mass is 370 g/mol. The number of carbonyl (C=O) groups excluding carboxylic acids is 1. The van der Waals surface area contributed by atoms with Gasteiger partial charge in [0.25, 0.3) is 0 Å². The number of rotatable bonds is 3. The summed E-state index contributed by atoms with van der Waals surface area (Å²) >= 11 is 0. The molecule has 1 N–H and O–H groups in total. The van der Waals surface area contributed by atoms with Gasteiger partial charge in [-0.2, -0.15) is 5.26 Å². The largest absolute Gasteiger partial charge is 0.346 e. The number of hydrogen-bond donors (Lipinski definition) is 1. The van der Waals surface area contributed by atoms with Crippen LogP contribution in [0.25, 0.3) is 22.1 Å². The average Bonchev–Trinajstić information content (AvgIpc) is 3.45. The van der Waals surface area contributed by atoms with Gasteiger partial charge < -0.3 is 14.5 Å². The zero-order valence-electron chi connectivity index (χ0n) is 15.2. The van der Waals surface area contributed by atoms with Crippen molar-refractivity contribution in [3.8, 4) is 6.07 Å². The molecule has 1 fully saturated rings. The third kappa shape index (κ3) is 2.70. The standard InChI is InChI=1S/C21H18N6O/c22-10-15-3-1-2-14(8-15)9-19(28)26-7-5-16(12-26)27-13-25-18-11-24-21-17(20(18)27)4-6-23-21/h1-4,6,8,11,13,16H,5,7,9,12H2,(H,23,24)/t16-/m1/s1. The van der Waals surface area contributed by atoms with Crippen LogP contribution in [0.1, 0.15) is 23.6 Å². The van der Waals surface area contributed by atoms with Crippen molar-refractivity contribution in [2.45, 2.75) is 18.9 Å². The predicted octanol–water partition coefficient (Wildman–Crippen LogP) is 2.80. The molecule has 5 rings (SSSR count). The smallest absolute Gasteiger partial charge is 0.227 e. The molecule has 3 aromatic heterocycles. The highest BCUT2D eigenvalue weighted by molar-refractivity contribution is 6.01. The van der Waals surface area contributed by atoms with E-state index in [9.17, 15) is 4.79 Å². The number of aromatic nitrogens is 4. The molecular weight excluding hydrogens is 352 g/mol. The summed E-state index contributed by atoms with van der Waals surface area (Å²) in [6.07, 6.45) is 6.73. The first-order valence-electron chi connectivity index (χ1n) is 9.28. The van der Waals surface area contributed by atoms with Crippen LogP contribution in [0.2, 0.25) is 0 Å². The van der Waals surface area contributed by atoms with Crippen molar-refractivity contribution in [2.75, 3.05) is 13.1 Å². The zero-order chi connectivity index (χ0) is 19.1. The molecule has 138 valence electrons. The van der Waals surface area contributed by atoms with Crippen molar-refractivity contribution in [3.05, 3.63) is 60.2 Å². The number of amides is 1. The zero-order valence-corrected chi connectivity index (χ0v) is 15.2. The molecule has 1 aliphatic rings. The third-order valence-electron chi connectivity index (χ3n) is 5.44. The van der Waals surface area contributed by atoms with Crippen LogP contribution in [0, 0.1) is 11.3 Å². The molecule has 1 atom stereocenters. The quantitative estimate of drug-likeness (QED) is 0.600. The van der Waals surface area contributed by atoms with Crippen LogP contribution in [-0.2, 0) is 11.2 Å². The van der Waals surface area contributed by atoms with Crippen molar-refractivity contribution >= 4 is 28.0 Å². The van der Waals surface area contributed by atoms with E-state index in [1.807, 2.05) is 35.6 Å². The van der Waals surface area contributed by atoms with Crippen molar-refractivity contribution in [3.63, 3.8) is 0 Å². The van der Waals surface area contributed by atoms with Crippen molar-refractivity contribution < 1.29 is 4.79 Å². The molecule has 0 radical (unpaired) electrons. The number of benzene rings is 1. The molecule has 28 heavy (non-hydrogen) atoms. The summed E-state index contributed by atoms with van der Waals surface area (Å²) in [7, 11) is 0. The number of nitrogens with zero attached hydrogens (tertiary/aromatic N) is 5. The fraction of sp³-hybridized carbons (Fsp3) is 0.238. The highest BCUT2D eigenvalue weighted by Crippen LogP contribution is 2.29. The normalized spacial score (nSPS) is 16.7. The van der Waals surface area contributed by atoms with Crippen molar-refractivity contribution in [1.29, 1.82) is 5.26 Å². The molecule has 0 saturated carbocycles. The van der Waals surface area contributed by atoms with Gasteiger partial charge in [0.15, 0.2) is 0 Å². The van der Waals surface area contributed by atoms with Gasteiger partial charge >= 0.3 is 0 Å². The molecule has 0 bridgehead atoms. The van der Waals surface area contributed by atoms with Crippen LogP contribution >= 0.6 is 0 Å². The van der Waals surface area contributed by atoms with Gasteiger partial charge in [-0.3, -0.25) is 4.79 Å². The molecule has 1 aromatic carbocycles. The van der Waals surface area contributed by atoms with E-state index in [2.05, 4.69) is 25.6 Å². The molecule has 1 aliphatic heterocycles. The lowest BCUT2D eigenvalue weighted by Gasteiger charge is -2.18. The Labute approximate surface area is 161 Å². The number of likely N-dealkylation sites (tertiary alicyclic amines) is 1. The van der Waals surface area contributed by atoms with Gasteiger partial charge in [0.2, 0.25) is 5.91 Å². The number of H-pyrrole nitrogens is 1. The Bertz CT molecular complexity index is 1230. The first-order valence-corrected chi connectivity index (χ1v) is 9.28. The number of imidazole rings is 1. The number of pyridine rings is 1. The fourth-order valence-electron chi connectivity index (χ4n) is 4.04. The maximum absolute atomic E-state index is 12.8. The lowest BCUT2D eigenvalue weighted by Crippen LogP contribution is -2.30. The molecule has 7 heteroatoms. The molecule has 1 amide bonds. The topological polar surface area (TPSA) is 90.6 Å². The maximum atomic E-state index is 12.8. The number of aromatic amines is 1. The van der Waals surface area contributed by atoms with Crippen molar-refractivity contribution in [1.82, 2.24) is 24.4 Å². The number of hydrogen-bond acceptors (Lipinski definition) is 4. The van der Waals surface area contributed by atoms with E-state index in [-0.39, 0.29) is 11.9 Å². The van der Waals surface area contributed by atoms with E-state index in [1.54, 1.807) is 18.3 Å². The predicted molar refractivity (Wildman–Crippen MR) is 104 cm³/mol. The van der Waals surface area contributed by atoms with E-state index >= 15 is 0 Å². The first kappa shape index (κ1) is 16.5. The molecule has 7 nitrogen and oxygen atoms in total. The van der Waals surface area contributed by atoms with Gasteiger partial charge in [-0.1, -0.05) is 12.1 Å². The van der Waals surface area contributed by atoms with Crippen LogP contribution in [0.5, 0.6) is 0 Å². The van der Waals surface area contributed by atoms with Gasteiger partial charge in [0.1, 0.15) is 11.2 Å². The maximum Gasteiger partial charge on any atom is 0.227 e. The van der Waals surface area contributed by atoms with Crippen LogP contribution in [-0.4, -0.2) is 43.4 Å². The van der Waals surface area contributed by atoms with Gasteiger partial charge in [0, 0.05) is 24.7 Å². The van der Waals surface area contributed by atoms with E-state index in [1.165, 1.54) is 0 Å². The Hall–Kier alpha value is -3.66. The minimum atomic E-state index is 0.0930. The molecule has 0 aliphatic carbocycles. The Morgan fingerprint density at radius 2 is 2.25 bits per heavy atom. The summed E-state index contributed by atoms with van der Waals surface area (Å²) in [6.45, 7) is 1.39. The molecule has 4 aromatic rings. The Balaban J connectivity index is 1.37.